The van der Waals surface area contributed by atoms with Gasteiger partial charge in [0.1, 0.15) is 0 Å². The number of hydrogen-bond donors (Lipinski definition) is 1. The van der Waals surface area contributed by atoms with Gasteiger partial charge in [-0.2, -0.15) is 0 Å². The van der Waals surface area contributed by atoms with Gasteiger partial charge in [0, 0.05) is 29.3 Å². The lowest BCUT2D eigenvalue weighted by Gasteiger charge is -2.13. The zero-order valence-corrected chi connectivity index (χ0v) is 17.6. The van der Waals surface area contributed by atoms with Crippen LogP contribution < -0.4 is 14.8 Å². The molecule has 1 N–H and O–H groups in total. The van der Waals surface area contributed by atoms with Crippen molar-refractivity contribution in [3.8, 4) is 11.5 Å². The van der Waals surface area contributed by atoms with Crippen molar-refractivity contribution >= 4 is 28.5 Å². The van der Waals surface area contributed by atoms with E-state index in [0.717, 1.165) is 23.2 Å². The summed E-state index contributed by atoms with van der Waals surface area (Å²) >= 11 is 0. The van der Waals surface area contributed by atoms with E-state index in [9.17, 15) is 9.59 Å². The van der Waals surface area contributed by atoms with E-state index in [1.54, 1.807) is 18.2 Å². The summed E-state index contributed by atoms with van der Waals surface area (Å²) in [4.78, 5) is 29.9. The van der Waals surface area contributed by atoms with Crippen LogP contribution in [0.5, 0.6) is 11.5 Å². The quantitative estimate of drug-likeness (QED) is 0.627. The average molecular weight is 420 g/mol. The molecule has 1 amide bonds. The van der Waals surface area contributed by atoms with Gasteiger partial charge >= 0.3 is 5.97 Å². The predicted octanol–water partition coefficient (Wildman–Crippen LogP) is 4.06. The van der Waals surface area contributed by atoms with E-state index in [0.29, 0.717) is 47.8 Å². The smallest absolute Gasteiger partial charge is 0.339 e. The number of carbonyl (C=O) groups excluding carboxylic acids is 2. The topological polar surface area (TPSA) is 86.8 Å². The molecule has 0 aliphatic carbocycles. The van der Waals surface area contributed by atoms with E-state index < -0.39 is 18.5 Å². The molecule has 1 aromatic heterocycles. The van der Waals surface area contributed by atoms with E-state index in [1.165, 1.54) is 0 Å². The van der Waals surface area contributed by atoms with Crippen molar-refractivity contribution in [2.45, 2.75) is 26.7 Å². The molecule has 0 saturated heterocycles. The third-order valence-electron chi connectivity index (χ3n) is 5.14. The standard InChI is InChI=1S/C24H24N2O5/c1-3-18-15(2)23(17-7-4-5-8-19(17)26-18)24(28)31-14-22(27)25-16-9-10-20-21(13-16)30-12-6-11-29-20/h4-5,7-10,13H,3,6,11-12,14H2,1-2H3,(H,25,27). The van der Waals surface area contributed by atoms with Gasteiger partial charge in [0.15, 0.2) is 18.1 Å². The van der Waals surface area contributed by atoms with Crippen LogP contribution in [0.4, 0.5) is 5.69 Å². The Morgan fingerprint density at radius 1 is 1.10 bits per heavy atom. The number of hydrogen-bond acceptors (Lipinski definition) is 6. The number of pyridine rings is 1. The number of nitrogens with one attached hydrogen (secondary N) is 1. The minimum Gasteiger partial charge on any atom is -0.490 e. The first kappa shape index (κ1) is 20.7. The number of aromatic nitrogens is 1. The summed E-state index contributed by atoms with van der Waals surface area (Å²) in [6, 6.07) is 12.6. The summed E-state index contributed by atoms with van der Waals surface area (Å²) in [5.41, 5.74) is 3.33. The molecule has 4 rings (SSSR count). The number of benzene rings is 2. The van der Waals surface area contributed by atoms with Gasteiger partial charge in [-0.1, -0.05) is 25.1 Å². The zero-order valence-electron chi connectivity index (χ0n) is 17.6. The highest BCUT2D eigenvalue weighted by atomic mass is 16.5. The molecule has 7 heteroatoms. The number of amides is 1. The molecule has 0 spiro atoms. The Bertz CT molecular complexity index is 1140. The molecule has 7 nitrogen and oxygen atoms in total. The molecule has 2 aromatic carbocycles. The van der Waals surface area contributed by atoms with Crippen LogP contribution in [0.2, 0.25) is 0 Å². The molecule has 31 heavy (non-hydrogen) atoms. The molecular weight excluding hydrogens is 396 g/mol. The second-order valence-corrected chi connectivity index (χ2v) is 7.27. The van der Waals surface area contributed by atoms with Gasteiger partial charge < -0.3 is 19.5 Å². The maximum Gasteiger partial charge on any atom is 0.339 e. The van der Waals surface area contributed by atoms with Crippen LogP contribution in [-0.2, 0) is 16.0 Å². The number of esters is 1. The number of rotatable bonds is 5. The van der Waals surface area contributed by atoms with Crippen molar-refractivity contribution in [2.75, 3.05) is 25.1 Å². The van der Waals surface area contributed by atoms with E-state index in [2.05, 4.69) is 10.3 Å². The van der Waals surface area contributed by atoms with Gasteiger partial charge in [-0.25, -0.2) is 4.79 Å². The fraction of sp³-hybridized carbons (Fsp3) is 0.292. The van der Waals surface area contributed by atoms with Gasteiger partial charge in [-0.05, 0) is 37.1 Å². The molecule has 0 bridgehead atoms. The van der Waals surface area contributed by atoms with E-state index in [-0.39, 0.29) is 0 Å². The molecule has 3 aromatic rings. The van der Waals surface area contributed by atoms with Crippen molar-refractivity contribution in [3.63, 3.8) is 0 Å². The Hall–Kier alpha value is -3.61. The minimum atomic E-state index is -0.542. The lowest BCUT2D eigenvalue weighted by atomic mass is 10.0. The first-order chi connectivity index (χ1) is 15.1. The molecule has 1 aliphatic rings. The number of nitrogens with zero attached hydrogens (tertiary/aromatic N) is 1. The molecule has 0 unspecified atom stereocenters. The Morgan fingerprint density at radius 3 is 2.68 bits per heavy atom. The summed E-state index contributed by atoms with van der Waals surface area (Å²) in [6.45, 7) is 4.60. The number of aryl methyl sites for hydroxylation is 1. The fourth-order valence-corrected chi connectivity index (χ4v) is 3.61. The molecule has 0 fully saturated rings. The van der Waals surface area contributed by atoms with Crippen LogP contribution >= 0.6 is 0 Å². The van der Waals surface area contributed by atoms with Crippen LogP contribution in [0.25, 0.3) is 10.9 Å². The van der Waals surface area contributed by atoms with Crippen LogP contribution in [0.3, 0.4) is 0 Å². The van der Waals surface area contributed by atoms with Crippen LogP contribution in [0.1, 0.15) is 35.0 Å². The van der Waals surface area contributed by atoms with Crippen molar-refractivity contribution in [1.82, 2.24) is 4.98 Å². The van der Waals surface area contributed by atoms with Gasteiger partial charge in [0.25, 0.3) is 5.91 Å². The minimum absolute atomic E-state index is 0.398. The monoisotopic (exact) mass is 420 g/mol. The van der Waals surface area contributed by atoms with Gasteiger partial charge in [-0.3, -0.25) is 9.78 Å². The second-order valence-electron chi connectivity index (χ2n) is 7.27. The summed E-state index contributed by atoms with van der Waals surface area (Å²) in [5, 5.41) is 3.44. The molecule has 0 saturated carbocycles. The van der Waals surface area contributed by atoms with Crippen LogP contribution in [0.15, 0.2) is 42.5 Å². The number of ether oxygens (including phenoxy) is 3. The molecule has 0 radical (unpaired) electrons. The maximum atomic E-state index is 12.9. The molecule has 2 heterocycles. The summed E-state index contributed by atoms with van der Waals surface area (Å²) < 4.78 is 16.6. The van der Waals surface area contributed by atoms with Gasteiger partial charge in [-0.15, -0.1) is 0 Å². The molecule has 160 valence electrons. The Kier molecular flexibility index (Phi) is 6.02. The highest BCUT2D eigenvalue weighted by Crippen LogP contribution is 2.32. The van der Waals surface area contributed by atoms with Crippen LogP contribution in [0, 0.1) is 6.92 Å². The first-order valence-electron chi connectivity index (χ1n) is 10.3. The van der Waals surface area contributed by atoms with Gasteiger partial charge in [0.2, 0.25) is 0 Å². The largest absolute Gasteiger partial charge is 0.490 e. The number of carbonyl (C=O) groups is 2. The summed E-state index contributed by atoms with van der Waals surface area (Å²) in [6.07, 6.45) is 1.50. The first-order valence-corrected chi connectivity index (χ1v) is 10.3. The van der Waals surface area contributed by atoms with E-state index >= 15 is 0 Å². The maximum absolute atomic E-state index is 12.9. The summed E-state index contributed by atoms with van der Waals surface area (Å²) in [5.74, 6) is 0.251. The Morgan fingerprint density at radius 2 is 1.87 bits per heavy atom. The second kappa shape index (κ2) is 9.04. The highest BCUT2D eigenvalue weighted by Gasteiger charge is 2.20. The molecule has 0 atom stereocenters. The molecule has 1 aliphatic heterocycles. The number of anilines is 1. The normalized spacial score (nSPS) is 12.8. The summed E-state index contributed by atoms with van der Waals surface area (Å²) in [7, 11) is 0. The van der Waals surface area contributed by atoms with E-state index in [4.69, 9.17) is 14.2 Å². The van der Waals surface area contributed by atoms with Crippen molar-refractivity contribution in [1.29, 1.82) is 0 Å². The predicted molar refractivity (Wildman–Crippen MR) is 117 cm³/mol. The lowest BCUT2D eigenvalue weighted by Crippen LogP contribution is -2.21. The van der Waals surface area contributed by atoms with Crippen molar-refractivity contribution in [3.05, 3.63) is 59.3 Å². The fourth-order valence-electron chi connectivity index (χ4n) is 3.61. The number of para-hydroxylation sites is 1. The third kappa shape index (κ3) is 4.45. The van der Waals surface area contributed by atoms with Gasteiger partial charge in [0.05, 0.1) is 24.3 Å². The van der Waals surface area contributed by atoms with E-state index in [1.807, 2.05) is 38.1 Å². The number of fused-ring (bicyclic) bond motifs is 2. The SMILES string of the molecule is CCc1nc2ccccc2c(C(=O)OCC(=O)Nc2ccc3c(c2)OCCCO3)c1C. The van der Waals surface area contributed by atoms with Crippen molar-refractivity contribution in [2.24, 2.45) is 0 Å². The highest BCUT2D eigenvalue weighted by molar-refractivity contribution is 6.06. The Balaban J connectivity index is 1.46. The Labute approximate surface area is 180 Å². The average Bonchev–Trinajstić information content (AvgIpc) is 3.02. The molecular formula is C24H24N2O5. The lowest BCUT2D eigenvalue weighted by molar-refractivity contribution is -0.119. The zero-order chi connectivity index (χ0) is 21.8. The third-order valence-corrected chi connectivity index (χ3v) is 5.14. The van der Waals surface area contributed by atoms with Crippen molar-refractivity contribution < 1.29 is 23.8 Å². The van der Waals surface area contributed by atoms with Crippen LogP contribution in [-0.4, -0.2) is 36.7 Å².